The highest BCUT2D eigenvalue weighted by molar-refractivity contribution is 5.62. The van der Waals surface area contributed by atoms with Gasteiger partial charge in [0, 0.05) is 5.69 Å². The lowest BCUT2D eigenvalue weighted by Gasteiger charge is -2.19. The van der Waals surface area contributed by atoms with E-state index in [0.29, 0.717) is 17.4 Å². The van der Waals surface area contributed by atoms with Gasteiger partial charge in [0.2, 0.25) is 0 Å². The largest absolute Gasteiger partial charge is 0.396 e. The van der Waals surface area contributed by atoms with Crippen LogP contribution < -0.4 is 16.6 Å². The molecule has 0 fully saturated rings. The van der Waals surface area contributed by atoms with Crippen molar-refractivity contribution in [2.24, 2.45) is 5.84 Å². The molecule has 84 valence electrons. The molecule has 4 nitrogen and oxygen atoms in total. The van der Waals surface area contributed by atoms with Gasteiger partial charge in [0.05, 0.1) is 12.2 Å². The lowest BCUT2D eigenvalue weighted by atomic mass is 10.1. The van der Waals surface area contributed by atoms with Crippen molar-refractivity contribution in [1.82, 2.24) is 4.98 Å². The summed E-state index contributed by atoms with van der Waals surface area (Å²) in [4.78, 5) is 4.30. The summed E-state index contributed by atoms with van der Waals surface area (Å²) >= 11 is 0. The summed E-state index contributed by atoms with van der Waals surface area (Å²) in [5.41, 5.74) is 7.08. The Morgan fingerprint density at radius 2 is 2.13 bits per heavy atom. The number of nitrogens with zero attached hydrogens (tertiary/aromatic N) is 2. The highest BCUT2D eigenvalue weighted by Gasteiger charge is 2.10. The average Bonchev–Trinajstić information content (AvgIpc) is 2.18. The summed E-state index contributed by atoms with van der Waals surface area (Å²) in [6, 6.07) is 3.60. The number of anilines is 2. The first kappa shape index (κ1) is 11.7. The molecule has 1 rings (SSSR count). The van der Waals surface area contributed by atoms with Crippen LogP contribution in [0.25, 0.3) is 0 Å². The topological polar surface area (TPSA) is 68.2 Å². The van der Waals surface area contributed by atoms with Crippen LogP contribution in [0, 0.1) is 0 Å². The predicted molar refractivity (Wildman–Crippen MR) is 60.2 cm³/mol. The second-order valence-corrected chi connectivity index (χ2v) is 3.69. The molecule has 0 radical (unpaired) electrons. The molecule has 1 aromatic rings. The standard InChI is InChI=1S/C10H17FN4/c1-7(2)9-4-3-8(12)10(14-9)15(13)6-5-11/h3-4,7H,5-6,12-13H2,1-2H3. The maximum atomic E-state index is 12.1. The van der Waals surface area contributed by atoms with Gasteiger partial charge < -0.3 is 5.73 Å². The molecule has 1 aromatic heterocycles. The van der Waals surface area contributed by atoms with Gasteiger partial charge in [0.25, 0.3) is 0 Å². The first-order valence-corrected chi connectivity index (χ1v) is 4.91. The van der Waals surface area contributed by atoms with Gasteiger partial charge in [-0.15, -0.1) is 0 Å². The zero-order chi connectivity index (χ0) is 11.4. The normalized spacial score (nSPS) is 10.7. The van der Waals surface area contributed by atoms with Gasteiger partial charge in [-0.05, 0) is 18.1 Å². The number of pyridine rings is 1. The molecule has 0 atom stereocenters. The third kappa shape index (κ3) is 2.79. The molecule has 0 bridgehead atoms. The zero-order valence-corrected chi connectivity index (χ0v) is 9.07. The van der Waals surface area contributed by atoms with Gasteiger partial charge in [-0.3, -0.25) is 5.01 Å². The number of nitrogen functional groups attached to an aromatic ring is 1. The van der Waals surface area contributed by atoms with E-state index in [4.69, 9.17) is 11.6 Å². The van der Waals surface area contributed by atoms with Crippen molar-refractivity contribution in [2.45, 2.75) is 19.8 Å². The lowest BCUT2D eigenvalue weighted by molar-refractivity contribution is 0.491. The maximum absolute atomic E-state index is 12.1. The molecule has 0 aromatic carbocycles. The highest BCUT2D eigenvalue weighted by Crippen LogP contribution is 2.21. The molecule has 5 heteroatoms. The Hall–Kier alpha value is -1.36. The summed E-state index contributed by atoms with van der Waals surface area (Å²) in [6.07, 6.45) is 0. The molecule has 0 amide bonds. The van der Waals surface area contributed by atoms with E-state index in [0.717, 1.165) is 5.69 Å². The summed E-state index contributed by atoms with van der Waals surface area (Å²) in [6.45, 7) is 3.62. The minimum atomic E-state index is -0.524. The third-order valence-corrected chi connectivity index (χ3v) is 2.12. The Labute approximate surface area is 89.1 Å². The molecule has 0 aliphatic heterocycles. The average molecular weight is 212 g/mol. The highest BCUT2D eigenvalue weighted by atomic mass is 19.1. The van der Waals surface area contributed by atoms with E-state index in [2.05, 4.69) is 4.98 Å². The van der Waals surface area contributed by atoms with Crippen LogP contribution in [-0.2, 0) is 0 Å². The van der Waals surface area contributed by atoms with Crippen molar-refractivity contribution in [3.8, 4) is 0 Å². The SMILES string of the molecule is CC(C)c1ccc(N)c(N(N)CCF)n1. The van der Waals surface area contributed by atoms with E-state index in [1.54, 1.807) is 6.07 Å². The molecule has 15 heavy (non-hydrogen) atoms. The Balaban J connectivity index is 2.99. The van der Waals surface area contributed by atoms with Gasteiger partial charge in [-0.25, -0.2) is 15.2 Å². The fourth-order valence-corrected chi connectivity index (χ4v) is 1.22. The summed E-state index contributed by atoms with van der Waals surface area (Å²) in [5.74, 6) is 6.36. The Morgan fingerprint density at radius 1 is 1.47 bits per heavy atom. The summed E-state index contributed by atoms with van der Waals surface area (Å²) in [7, 11) is 0. The minimum absolute atomic E-state index is 0.0960. The van der Waals surface area contributed by atoms with E-state index < -0.39 is 6.67 Å². The van der Waals surface area contributed by atoms with Gasteiger partial charge in [-0.2, -0.15) is 0 Å². The van der Waals surface area contributed by atoms with Crippen LogP contribution in [-0.4, -0.2) is 18.2 Å². The number of hydrogen-bond acceptors (Lipinski definition) is 4. The van der Waals surface area contributed by atoms with Crippen LogP contribution in [0.4, 0.5) is 15.9 Å². The molecule has 0 saturated heterocycles. The van der Waals surface area contributed by atoms with E-state index in [1.165, 1.54) is 5.01 Å². The number of nitrogens with two attached hydrogens (primary N) is 2. The summed E-state index contributed by atoms with van der Waals surface area (Å²) < 4.78 is 12.1. The lowest BCUT2D eigenvalue weighted by Crippen LogP contribution is -2.34. The fraction of sp³-hybridized carbons (Fsp3) is 0.500. The van der Waals surface area contributed by atoms with Crippen LogP contribution in [0.1, 0.15) is 25.5 Å². The number of rotatable bonds is 4. The Kier molecular flexibility index (Phi) is 3.85. The van der Waals surface area contributed by atoms with E-state index in [1.807, 2.05) is 19.9 Å². The van der Waals surface area contributed by atoms with Crippen molar-refractivity contribution in [3.63, 3.8) is 0 Å². The maximum Gasteiger partial charge on any atom is 0.166 e. The number of halogens is 1. The molecule has 0 unspecified atom stereocenters. The van der Waals surface area contributed by atoms with Crippen molar-refractivity contribution in [3.05, 3.63) is 17.8 Å². The molecule has 0 saturated carbocycles. The van der Waals surface area contributed by atoms with Crippen LogP contribution in [0.2, 0.25) is 0 Å². The quantitative estimate of drug-likeness (QED) is 0.585. The minimum Gasteiger partial charge on any atom is -0.396 e. The van der Waals surface area contributed by atoms with E-state index >= 15 is 0 Å². The van der Waals surface area contributed by atoms with Crippen molar-refractivity contribution in [1.29, 1.82) is 0 Å². The molecule has 1 heterocycles. The molecule has 0 aliphatic rings. The zero-order valence-electron chi connectivity index (χ0n) is 9.07. The third-order valence-electron chi connectivity index (χ3n) is 2.12. The van der Waals surface area contributed by atoms with Crippen LogP contribution in [0.15, 0.2) is 12.1 Å². The van der Waals surface area contributed by atoms with Gasteiger partial charge >= 0.3 is 0 Å². The second-order valence-electron chi connectivity index (χ2n) is 3.69. The Bertz CT molecular complexity index is 327. The fourth-order valence-electron chi connectivity index (χ4n) is 1.22. The second kappa shape index (κ2) is 4.93. The van der Waals surface area contributed by atoms with Gasteiger partial charge in [-0.1, -0.05) is 13.8 Å². The smallest absolute Gasteiger partial charge is 0.166 e. The van der Waals surface area contributed by atoms with Crippen LogP contribution >= 0.6 is 0 Å². The first-order valence-electron chi connectivity index (χ1n) is 4.91. The van der Waals surface area contributed by atoms with Crippen molar-refractivity contribution in [2.75, 3.05) is 24.0 Å². The molecular formula is C10H17FN4. The van der Waals surface area contributed by atoms with Crippen LogP contribution in [0.3, 0.4) is 0 Å². The van der Waals surface area contributed by atoms with Gasteiger partial charge in [0.1, 0.15) is 6.67 Å². The number of hydrazine groups is 1. The molecule has 4 N–H and O–H groups in total. The van der Waals surface area contributed by atoms with Gasteiger partial charge in [0.15, 0.2) is 5.82 Å². The first-order chi connectivity index (χ1) is 7.06. The van der Waals surface area contributed by atoms with Crippen LogP contribution in [0.5, 0.6) is 0 Å². The van der Waals surface area contributed by atoms with Crippen molar-refractivity contribution >= 4 is 11.5 Å². The Morgan fingerprint density at radius 3 is 2.67 bits per heavy atom. The molecule has 0 aliphatic carbocycles. The number of alkyl halides is 1. The van der Waals surface area contributed by atoms with E-state index in [-0.39, 0.29) is 6.54 Å². The van der Waals surface area contributed by atoms with E-state index in [9.17, 15) is 4.39 Å². The predicted octanol–water partition coefficient (Wildman–Crippen LogP) is 1.44. The number of hydrogen-bond donors (Lipinski definition) is 2. The summed E-state index contributed by atoms with van der Waals surface area (Å²) in [5, 5.41) is 1.24. The monoisotopic (exact) mass is 212 g/mol. The van der Waals surface area contributed by atoms with Crippen molar-refractivity contribution < 1.29 is 4.39 Å². The molecule has 0 spiro atoms. The number of aromatic nitrogens is 1. The molecular weight excluding hydrogens is 195 g/mol.